The van der Waals surface area contributed by atoms with Crippen LogP contribution in [0.3, 0.4) is 0 Å². The van der Waals surface area contributed by atoms with Gasteiger partial charge in [-0.05, 0) is 25.7 Å². The molecule has 6 nitrogen and oxygen atoms in total. The third-order valence-corrected chi connectivity index (χ3v) is 2.68. The van der Waals surface area contributed by atoms with Crippen molar-refractivity contribution in [1.29, 1.82) is 0 Å². The SMILES string of the molecule is COCCCC(NC(=O)[C@H]1CCCO1)C(=O)O. The smallest absolute Gasteiger partial charge is 0.326 e. The first-order valence-corrected chi connectivity index (χ1v) is 5.79. The number of nitrogens with one attached hydrogen (secondary N) is 1. The lowest BCUT2D eigenvalue weighted by Gasteiger charge is -2.16. The molecule has 6 heteroatoms. The van der Waals surface area contributed by atoms with E-state index in [1.807, 2.05) is 0 Å². The maximum absolute atomic E-state index is 11.7. The van der Waals surface area contributed by atoms with Gasteiger partial charge in [-0.2, -0.15) is 0 Å². The molecule has 1 amide bonds. The van der Waals surface area contributed by atoms with Crippen LogP contribution < -0.4 is 5.32 Å². The molecule has 1 heterocycles. The van der Waals surface area contributed by atoms with E-state index in [4.69, 9.17) is 14.6 Å². The van der Waals surface area contributed by atoms with E-state index in [0.717, 1.165) is 6.42 Å². The predicted octanol–water partition coefficient (Wildman–Crippen LogP) is 0.161. The molecule has 0 aromatic heterocycles. The fraction of sp³-hybridized carbons (Fsp3) is 0.818. The Labute approximate surface area is 100 Å². The Kier molecular flexibility index (Phi) is 5.93. The van der Waals surface area contributed by atoms with E-state index in [1.54, 1.807) is 7.11 Å². The first-order valence-electron chi connectivity index (χ1n) is 5.79. The fourth-order valence-electron chi connectivity index (χ4n) is 1.74. The van der Waals surface area contributed by atoms with Gasteiger partial charge in [-0.15, -0.1) is 0 Å². The summed E-state index contributed by atoms with van der Waals surface area (Å²) in [5.41, 5.74) is 0. The lowest BCUT2D eigenvalue weighted by atomic mass is 10.1. The molecule has 2 N–H and O–H groups in total. The summed E-state index contributed by atoms with van der Waals surface area (Å²) in [7, 11) is 1.56. The molecule has 2 atom stereocenters. The highest BCUT2D eigenvalue weighted by atomic mass is 16.5. The van der Waals surface area contributed by atoms with Crippen LogP contribution in [-0.4, -0.2) is 49.5 Å². The van der Waals surface area contributed by atoms with Gasteiger partial charge >= 0.3 is 5.97 Å². The van der Waals surface area contributed by atoms with Crippen molar-refractivity contribution in [1.82, 2.24) is 5.32 Å². The molecule has 0 radical (unpaired) electrons. The Morgan fingerprint density at radius 2 is 2.35 bits per heavy atom. The predicted molar refractivity (Wildman–Crippen MR) is 59.7 cm³/mol. The highest BCUT2D eigenvalue weighted by Crippen LogP contribution is 2.12. The van der Waals surface area contributed by atoms with Gasteiger partial charge in [0.25, 0.3) is 0 Å². The largest absolute Gasteiger partial charge is 0.480 e. The molecule has 1 unspecified atom stereocenters. The minimum atomic E-state index is -1.02. The van der Waals surface area contributed by atoms with Crippen LogP contribution in [0.15, 0.2) is 0 Å². The van der Waals surface area contributed by atoms with Crippen molar-refractivity contribution < 1.29 is 24.2 Å². The van der Waals surface area contributed by atoms with Crippen LogP contribution in [0.4, 0.5) is 0 Å². The molecule has 17 heavy (non-hydrogen) atoms. The first-order chi connectivity index (χ1) is 8.15. The van der Waals surface area contributed by atoms with E-state index in [0.29, 0.717) is 32.5 Å². The summed E-state index contributed by atoms with van der Waals surface area (Å²) in [6, 6.07) is -0.859. The van der Waals surface area contributed by atoms with Gasteiger partial charge in [0.1, 0.15) is 12.1 Å². The van der Waals surface area contributed by atoms with Gasteiger partial charge < -0.3 is 19.9 Å². The van der Waals surface area contributed by atoms with Crippen molar-refractivity contribution in [3.63, 3.8) is 0 Å². The maximum atomic E-state index is 11.7. The van der Waals surface area contributed by atoms with Crippen LogP contribution in [0.5, 0.6) is 0 Å². The number of carbonyl (C=O) groups excluding carboxylic acids is 1. The van der Waals surface area contributed by atoms with Gasteiger partial charge in [0.05, 0.1) is 0 Å². The summed E-state index contributed by atoms with van der Waals surface area (Å²) in [6.45, 7) is 1.05. The van der Waals surface area contributed by atoms with Crippen molar-refractivity contribution >= 4 is 11.9 Å². The summed E-state index contributed by atoms with van der Waals surface area (Å²) in [5.74, 6) is -1.35. The number of carboxylic acids is 1. The number of ether oxygens (including phenoxy) is 2. The zero-order valence-corrected chi connectivity index (χ0v) is 9.98. The Bertz CT molecular complexity index is 263. The van der Waals surface area contributed by atoms with Gasteiger partial charge in [-0.1, -0.05) is 0 Å². The number of methoxy groups -OCH3 is 1. The lowest BCUT2D eigenvalue weighted by molar-refractivity contribution is -0.143. The summed E-state index contributed by atoms with van der Waals surface area (Å²) >= 11 is 0. The molecule has 0 aromatic carbocycles. The van der Waals surface area contributed by atoms with Crippen molar-refractivity contribution in [2.24, 2.45) is 0 Å². The highest BCUT2D eigenvalue weighted by Gasteiger charge is 2.27. The summed E-state index contributed by atoms with van der Waals surface area (Å²) in [6.07, 6.45) is 1.98. The van der Waals surface area contributed by atoms with Crippen LogP contribution in [0.2, 0.25) is 0 Å². The van der Waals surface area contributed by atoms with Crippen molar-refractivity contribution in [3.8, 4) is 0 Å². The Morgan fingerprint density at radius 3 is 2.88 bits per heavy atom. The van der Waals surface area contributed by atoms with E-state index in [1.165, 1.54) is 0 Å². The van der Waals surface area contributed by atoms with E-state index in [-0.39, 0.29) is 5.91 Å². The van der Waals surface area contributed by atoms with E-state index in [9.17, 15) is 9.59 Å². The number of hydrogen-bond acceptors (Lipinski definition) is 4. The molecule has 98 valence electrons. The number of hydrogen-bond donors (Lipinski definition) is 2. The monoisotopic (exact) mass is 245 g/mol. The quantitative estimate of drug-likeness (QED) is 0.624. The van der Waals surface area contributed by atoms with E-state index in [2.05, 4.69) is 5.32 Å². The standard InChI is InChI=1S/C11H19NO5/c1-16-6-2-4-8(11(14)15)12-10(13)9-5-3-7-17-9/h8-9H,2-7H2,1H3,(H,12,13)(H,14,15)/t8?,9-/m1/s1. The lowest BCUT2D eigenvalue weighted by Crippen LogP contribution is -2.45. The molecular formula is C11H19NO5. The number of rotatable bonds is 7. The van der Waals surface area contributed by atoms with Crippen molar-refractivity contribution in [2.75, 3.05) is 20.3 Å². The first kappa shape index (κ1) is 13.9. The molecule has 1 aliphatic rings. The molecule has 1 fully saturated rings. The Morgan fingerprint density at radius 1 is 1.59 bits per heavy atom. The average molecular weight is 245 g/mol. The molecule has 1 aliphatic heterocycles. The molecule has 0 aromatic rings. The Hall–Kier alpha value is -1.14. The molecule has 0 spiro atoms. The molecule has 1 rings (SSSR count). The van der Waals surface area contributed by atoms with Crippen LogP contribution in [0, 0.1) is 0 Å². The van der Waals surface area contributed by atoms with Gasteiger partial charge in [-0.3, -0.25) is 4.79 Å². The van der Waals surface area contributed by atoms with Gasteiger partial charge in [-0.25, -0.2) is 4.79 Å². The summed E-state index contributed by atoms with van der Waals surface area (Å²) in [4.78, 5) is 22.6. The van der Waals surface area contributed by atoms with Crippen LogP contribution >= 0.6 is 0 Å². The van der Waals surface area contributed by atoms with Crippen molar-refractivity contribution in [3.05, 3.63) is 0 Å². The average Bonchev–Trinajstić information content (AvgIpc) is 2.81. The van der Waals surface area contributed by atoms with Crippen LogP contribution in [0.1, 0.15) is 25.7 Å². The van der Waals surface area contributed by atoms with E-state index >= 15 is 0 Å². The molecule has 1 saturated heterocycles. The second-order valence-corrected chi connectivity index (χ2v) is 4.04. The topological polar surface area (TPSA) is 84.9 Å². The zero-order valence-electron chi connectivity index (χ0n) is 9.98. The Balaban J connectivity index is 2.36. The normalized spacial score (nSPS) is 21.1. The number of carbonyl (C=O) groups is 2. The molecular weight excluding hydrogens is 226 g/mol. The van der Waals surface area contributed by atoms with Gasteiger partial charge in [0.2, 0.25) is 5.91 Å². The highest BCUT2D eigenvalue weighted by molar-refractivity contribution is 5.86. The van der Waals surface area contributed by atoms with Crippen molar-refractivity contribution in [2.45, 2.75) is 37.8 Å². The van der Waals surface area contributed by atoms with Crippen LogP contribution in [-0.2, 0) is 19.1 Å². The molecule has 0 saturated carbocycles. The number of carboxylic acid groups (broad SMARTS) is 1. The fourth-order valence-corrected chi connectivity index (χ4v) is 1.74. The number of amides is 1. The third kappa shape index (κ3) is 4.70. The van der Waals surface area contributed by atoms with E-state index < -0.39 is 18.1 Å². The molecule has 0 bridgehead atoms. The second kappa shape index (κ2) is 7.24. The van der Waals surface area contributed by atoms with Crippen LogP contribution in [0.25, 0.3) is 0 Å². The second-order valence-electron chi connectivity index (χ2n) is 4.04. The molecule has 0 aliphatic carbocycles. The third-order valence-electron chi connectivity index (χ3n) is 2.68. The zero-order chi connectivity index (χ0) is 12.7. The van der Waals surface area contributed by atoms with Gasteiger partial charge in [0.15, 0.2) is 0 Å². The minimum Gasteiger partial charge on any atom is -0.480 e. The number of aliphatic carboxylic acids is 1. The minimum absolute atomic E-state index is 0.327. The summed E-state index contributed by atoms with van der Waals surface area (Å²) < 4.78 is 10.0. The summed E-state index contributed by atoms with van der Waals surface area (Å²) in [5, 5.41) is 11.5. The van der Waals surface area contributed by atoms with Gasteiger partial charge in [0, 0.05) is 20.3 Å². The maximum Gasteiger partial charge on any atom is 0.326 e.